The number of nitrogens with zero attached hydrogens (tertiary/aromatic N) is 1. The van der Waals surface area contributed by atoms with Crippen LogP contribution >= 0.6 is 0 Å². The van der Waals surface area contributed by atoms with Crippen LogP contribution in [-0.4, -0.2) is 4.98 Å². The van der Waals surface area contributed by atoms with Gasteiger partial charge in [-0.1, -0.05) is 0 Å². The second-order valence-electron chi connectivity index (χ2n) is 2.03. The Morgan fingerprint density at radius 1 is 1.33 bits per heavy atom. The molecule has 12 heavy (non-hydrogen) atoms. The molecule has 0 fully saturated rings. The van der Waals surface area contributed by atoms with Gasteiger partial charge in [0.2, 0.25) is 0 Å². The van der Waals surface area contributed by atoms with Crippen LogP contribution in [0.3, 0.4) is 0 Å². The molecular weight excluding hydrogens is 176 g/mol. The van der Waals surface area contributed by atoms with Crippen LogP contribution < -0.4 is 5.73 Å². The van der Waals surface area contributed by atoms with Crippen molar-refractivity contribution in [2.24, 2.45) is 0 Å². The summed E-state index contributed by atoms with van der Waals surface area (Å²) in [6.45, 7) is 0. The lowest BCUT2D eigenvalue weighted by Crippen LogP contribution is -2.02. The Balaban J connectivity index is 3.28. The van der Waals surface area contributed by atoms with Gasteiger partial charge < -0.3 is 5.73 Å². The van der Waals surface area contributed by atoms with E-state index < -0.39 is 29.6 Å². The predicted octanol–water partition coefficient (Wildman–Crippen LogP) is 1.88. The molecule has 1 rings (SSSR count). The Labute approximate surface area is 65.0 Å². The molecule has 0 amide bonds. The van der Waals surface area contributed by atoms with E-state index in [2.05, 4.69) is 4.98 Å². The van der Waals surface area contributed by atoms with Gasteiger partial charge in [-0.2, -0.15) is 0 Å². The Morgan fingerprint density at radius 2 is 1.92 bits per heavy atom. The molecule has 0 aromatic carbocycles. The third-order valence-corrected chi connectivity index (χ3v) is 1.17. The molecule has 6 heteroatoms. The van der Waals surface area contributed by atoms with E-state index in [9.17, 15) is 17.6 Å². The third-order valence-electron chi connectivity index (χ3n) is 1.17. The number of pyridine rings is 1. The van der Waals surface area contributed by atoms with Gasteiger partial charge in [0.15, 0.2) is 11.6 Å². The normalized spacial score (nSPS) is 10.8. The minimum atomic E-state index is -3.16. The summed E-state index contributed by atoms with van der Waals surface area (Å²) in [5.41, 5.74) is 3.66. The molecule has 0 aliphatic carbocycles. The molecular formula is C6H4F4N2. The highest BCUT2D eigenvalue weighted by Gasteiger charge is 2.19. The van der Waals surface area contributed by atoms with Gasteiger partial charge in [-0.15, -0.1) is 0 Å². The highest BCUT2D eigenvalue weighted by Crippen LogP contribution is 2.22. The number of hydrogen-bond donors (Lipinski definition) is 1. The summed E-state index contributed by atoms with van der Waals surface area (Å²) in [5, 5.41) is 0. The number of halogens is 4. The Bertz CT molecular complexity index is 300. The van der Waals surface area contributed by atoms with Gasteiger partial charge in [-0.25, -0.2) is 22.5 Å². The van der Waals surface area contributed by atoms with Crippen LogP contribution in [0.25, 0.3) is 0 Å². The zero-order valence-corrected chi connectivity index (χ0v) is 5.69. The average Bonchev–Trinajstić information content (AvgIpc) is 1.96. The number of nitrogens with two attached hydrogens (primary N) is 1. The Morgan fingerprint density at radius 3 is 2.42 bits per heavy atom. The van der Waals surface area contributed by atoms with Crippen LogP contribution in [0, 0.1) is 11.6 Å². The van der Waals surface area contributed by atoms with Crippen LogP contribution in [0.15, 0.2) is 6.07 Å². The van der Waals surface area contributed by atoms with Crippen molar-refractivity contribution in [3.05, 3.63) is 23.4 Å². The summed E-state index contributed by atoms with van der Waals surface area (Å²) in [5.74, 6) is -3.54. The number of anilines is 1. The zero-order chi connectivity index (χ0) is 9.30. The molecule has 0 bridgehead atoms. The smallest absolute Gasteiger partial charge is 0.283 e. The van der Waals surface area contributed by atoms with Crippen LogP contribution in [0.4, 0.5) is 23.4 Å². The summed E-state index contributed by atoms with van der Waals surface area (Å²) in [6.07, 6.45) is -3.16. The van der Waals surface area contributed by atoms with Crippen LogP contribution in [0.1, 0.15) is 12.1 Å². The van der Waals surface area contributed by atoms with Gasteiger partial charge in [0.25, 0.3) is 6.43 Å². The minimum Gasteiger partial charge on any atom is -0.384 e. The van der Waals surface area contributed by atoms with Crippen molar-refractivity contribution in [1.29, 1.82) is 0 Å². The highest BCUT2D eigenvalue weighted by atomic mass is 19.3. The SMILES string of the molecule is Nc1cc(F)c(F)c(C(F)F)n1. The van der Waals surface area contributed by atoms with Crippen LogP contribution in [0.2, 0.25) is 0 Å². The van der Waals surface area contributed by atoms with Crippen molar-refractivity contribution in [3.63, 3.8) is 0 Å². The van der Waals surface area contributed by atoms with Crippen LogP contribution in [0.5, 0.6) is 0 Å². The maximum absolute atomic E-state index is 12.5. The van der Waals surface area contributed by atoms with Gasteiger partial charge in [-0.3, -0.25) is 0 Å². The fourth-order valence-corrected chi connectivity index (χ4v) is 0.681. The zero-order valence-electron chi connectivity index (χ0n) is 5.69. The van der Waals surface area contributed by atoms with Crippen molar-refractivity contribution in [2.45, 2.75) is 6.43 Å². The predicted molar refractivity (Wildman–Crippen MR) is 33.5 cm³/mol. The first-order chi connectivity index (χ1) is 5.52. The molecule has 0 unspecified atom stereocenters. The van der Waals surface area contributed by atoms with E-state index in [-0.39, 0.29) is 0 Å². The molecule has 66 valence electrons. The molecule has 1 aromatic heterocycles. The summed E-state index contributed by atoms with van der Waals surface area (Å²) in [4.78, 5) is 2.95. The Kier molecular flexibility index (Phi) is 2.16. The van der Waals surface area contributed by atoms with Gasteiger partial charge in [0.1, 0.15) is 11.5 Å². The molecule has 2 N–H and O–H groups in total. The first-order valence-electron chi connectivity index (χ1n) is 2.92. The van der Waals surface area contributed by atoms with Crippen molar-refractivity contribution in [1.82, 2.24) is 4.98 Å². The first kappa shape index (κ1) is 8.76. The molecule has 0 aliphatic heterocycles. The third kappa shape index (κ3) is 1.46. The highest BCUT2D eigenvalue weighted by molar-refractivity contribution is 5.31. The molecule has 0 saturated carbocycles. The summed E-state index contributed by atoms with van der Waals surface area (Å²) < 4.78 is 48.6. The lowest BCUT2D eigenvalue weighted by atomic mass is 10.3. The number of alkyl halides is 2. The fraction of sp³-hybridized carbons (Fsp3) is 0.167. The van der Waals surface area contributed by atoms with Gasteiger partial charge in [0.05, 0.1) is 0 Å². The monoisotopic (exact) mass is 180 g/mol. The maximum atomic E-state index is 12.5. The molecule has 0 aliphatic rings. The topological polar surface area (TPSA) is 38.9 Å². The molecule has 1 aromatic rings. The van der Waals surface area contributed by atoms with E-state index >= 15 is 0 Å². The number of hydrogen-bond acceptors (Lipinski definition) is 2. The fourth-order valence-electron chi connectivity index (χ4n) is 0.681. The van der Waals surface area contributed by atoms with E-state index in [4.69, 9.17) is 5.73 Å². The van der Waals surface area contributed by atoms with Crippen LogP contribution in [-0.2, 0) is 0 Å². The number of rotatable bonds is 1. The molecule has 0 spiro atoms. The van der Waals surface area contributed by atoms with Gasteiger partial charge in [0, 0.05) is 6.07 Å². The molecule has 2 nitrogen and oxygen atoms in total. The van der Waals surface area contributed by atoms with E-state index in [0.29, 0.717) is 6.07 Å². The summed E-state index contributed by atoms with van der Waals surface area (Å²) in [6, 6.07) is 0.543. The molecule has 1 heterocycles. The second-order valence-corrected chi connectivity index (χ2v) is 2.03. The summed E-state index contributed by atoms with van der Waals surface area (Å²) >= 11 is 0. The molecule has 0 radical (unpaired) electrons. The molecule has 0 saturated heterocycles. The van der Waals surface area contributed by atoms with E-state index in [0.717, 1.165) is 0 Å². The lowest BCUT2D eigenvalue weighted by molar-refractivity contribution is 0.139. The van der Waals surface area contributed by atoms with Crippen molar-refractivity contribution in [2.75, 3.05) is 5.73 Å². The lowest BCUT2D eigenvalue weighted by Gasteiger charge is -2.02. The second kappa shape index (κ2) is 2.96. The Hall–Kier alpha value is -1.33. The first-order valence-corrected chi connectivity index (χ1v) is 2.92. The van der Waals surface area contributed by atoms with E-state index in [1.54, 1.807) is 0 Å². The van der Waals surface area contributed by atoms with E-state index in [1.807, 2.05) is 0 Å². The summed E-state index contributed by atoms with van der Waals surface area (Å²) in [7, 11) is 0. The quantitative estimate of drug-likeness (QED) is 0.670. The van der Waals surface area contributed by atoms with Crippen molar-refractivity contribution >= 4 is 5.82 Å². The van der Waals surface area contributed by atoms with E-state index in [1.165, 1.54) is 0 Å². The molecule has 0 atom stereocenters. The largest absolute Gasteiger partial charge is 0.384 e. The van der Waals surface area contributed by atoms with Gasteiger partial charge in [-0.05, 0) is 0 Å². The van der Waals surface area contributed by atoms with Crippen molar-refractivity contribution in [3.8, 4) is 0 Å². The number of nitrogen functional groups attached to an aromatic ring is 1. The van der Waals surface area contributed by atoms with Crippen molar-refractivity contribution < 1.29 is 17.6 Å². The number of aromatic nitrogens is 1. The van der Waals surface area contributed by atoms with Gasteiger partial charge >= 0.3 is 0 Å². The minimum absolute atomic E-state index is 0.468. The maximum Gasteiger partial charge on any atom is 0.283 e. The standard InChI is InChI=1S/C6H4F4N2/c7-2-1-3(11)12-5(4(2)8)6(9)10/h1,6H,(H2,11,12). The average molecular weight is 180 g/mol.